The van der Waals surface area contributed by atoms with Crippen molar-refractivity contribution in [3.05, 3.63) is 33.9 Å². The van der Waals surface area contributed by atoms with Crippen molar-refractivity contribution >= 4 is 23.1 Å². The lowest BCUT2D eigenvalue weighted by atomic mass is 9.89. The minimum atomic E-state index is -0.441. The van der Waals surface area contributed by atoms with E-state index in [9.17, 15) is 10.1 Å². The van der Waals surface area contributed by atoms with Crippen LogP contribution < -0.4 is 5.32 Å². The maximum absolute atomic E-state index is 11.2. The molecule has 0 aromatic heterocycles. The van der Waals surface area contributed by atoms with Crippen LogP contribution in [0.1, 0.15) is 24.8 Å². The Kier molecular flexibility index (Phi) is 4.23. The monoisotopic (exact) mass is 319 g/mol. The third-order valence-corrected chi connectivity index (χ3v) is 5.47. The molecular formula is C15H17N3O3S. The molecule has 2 fully saturated rings. The number of anilines is 1. The summed E-state index contributed by atoms with van der Waals surface area (Å²) >= 11 is 1.90. The molecule has 0 aliphatic carbocycles. The van der Waals surface area contributed by atoms with Gasteiger partial charge in [-0.25, -0.2) is 0 Å². The summed E-state index contributed by atoms with van der Waals surface area (Å²) in [6.07, 6.45) is 2.76. The van der Waals surface area contributed by atoms with E-state index in [4.69, 9.17) is 10.00 Å². The summed E-state index contributed by atoms with van der Waals surface area (Å²) in [5.74, 6) is 2.12. The first-order valence-corrected chi connectivity index (χ1v) is 8.44. The number of benzene rings is 1. The number of hydrogen-bond acceptors (Lipinski definition) is 6. The van der Waals surface area contributed by atoms with Gasteiger partial charge in [-0.3, -0.25) is 10.1 Å². The van der Waals surface area contributed by atoms with Gasteiger partial charge in [0.15, 0.2) is 0 Å². The van der Waals surface area contributed by atoms with Crippen LogP contribution in [0.5, 0.6) is 0 Å². The standard InChI is InChI=1S/C15H17N3O3S/c16-9-11-1-2-13(14(7-11)18(19)20)17-12-3-5-21-15(8-12)4-6-22-10-15/h1-2,7,12,17H,3-6,8,10H2/t12-,15+/m1/s1. The molecule has 116 valence electrons. The molecule has 2 saturated heterocycles. The Balaban J connectivity index is 1.78. The van der Waals surface area contributed by atoms with Crippen molar-refractivity contribution in [1.82, 2.24) is 0 Å². The van der Waals surface area contributed by atoms with Crippen molar-refractivity contribution in [3.63, 3.8) is 0 Å². The first-order chi connectivity index (χ1) is 10.6. The predicted molar refractivity (Wildman–Crippen MR) is 85.1 cm³/mol. The summed E-state index contributed by atoms with van der Waals surface area (Å²) in [6, 6.07) is 6.66. The summed E-state index contributed by atoms with van der Waals surface area (Å²) in [7, 11) is 0. The molecular weight excluding hydrogens is 302 g/mol. The minimum absolute atomic E-state index is 0.0413. The summed E-state index contributed by atoms with van der Waals surface area (Å²) < 4.78 is 5.97. The number of nitrogens with one attached hydrogen (secondary N) is 1. The second-order valence-electron chi connectivity index (χ2n) is 5.77. The maximum Gasteiger partial charge on any atom is 0.293 e. The van der Waals surface area contributed by atoms with Crippen LogP contribution in [0, 0.1) is 21.4 Å². The topological polar surface area (TPSA) is 88.2 Å². The Bertz CT molecular complexity index is 623. The lowest BCUT2D eigenvalue weighted by Crippen LogP contribution is -2.44. The molecule has 1 aromatic carbocycles. The van der Waals surface area contributed by atoms with Crippen LogP contribution >= 0.6 is 11.8 Å². The van der Waals surface area contributed by atoms with Gasteiger partial charge in [0.05, 0.1) is 22.2 Å². The SMILES string of the molecule is N#Cc1ccc(N[C@@H]2CCO[C@@]3(CCSC3)C2)c([N+](=O)[O-])c1. The Morgan fingerprint density at radius 2 is 2.41 bits per heavy atom. The van der Waals surface area contributed by atoms with Gasteiger partial charge in [-0.05, 0) is 37.1 Å². The highest BCUT2D eigenvalue weighted by Crippen LogP contribution is 2.39. The largest absolute Gasteiger partial charge is 0.377 e. The second-order valence-corrected chi connectivity index (χ2v) is 6.87. The van der Waals surface area contributed by atoms with Gasteiger partial charge in [0, 0.05) is 24.5 Å². The van der Waals surface area contributed by atoms with Crippen LogP contribution in [0.25, 0.3) is 0 Å². The lowest BCUT2D eigenvalue weighted by molar-refractivity contribution is -0.384. The van der Waals surface area contributed by atoms with E-state index in [0.717, 1.165) is 30.8 Å². The quantitative estimate of drug-likeness (QED) is 0.680. The van der Waals surface area contributed by atoms with Crippen molar-refractivity contribution in [1.29, 1.82) is 5.26 Å². The van der Waals surface area contributed by atoms with E-state index < -0.39 is 4.92 Å². The number of rotatable bonds is 3. The summed E-state index contributed by atoms with van der Waals surface area (Å²) in [6.45, 7) is 0.683. The Morgan fingerprint density at radius 3 is 3.09 bits per heavy atom. The zero-order valence-electron chi connectivity index (χ0n) is 12.1. The number of nitriles is 1. The molecule has 1 aromatic rings. The number of nitro benzene ring substituents is 1. The van der Waals surface area contributed by atoms with Crippen molar-refractivity contribution in [3.8, 4) is 6.07 Å². The average molecular weight is 319 g/mol. The highest BCUT2D eigenvalue weighted by molar-refractivity contribution is 7.99. The van der Waals surface area contributed by atoms with Crippen molar-refractivity contribution in [2.24, 2.45) is 0 Å². The fourth-order valence-electron chi connectivity index (χ4n) is 3.11. The summed E-state index contributed by atoms with van der Waals surface area (Å²) in [5, 5.41) is 23.4. The van der Waals surface area contributed by atoms with Gasteiger partial charge >= 0.3 is 0 Å². The highest BCUT2D eigenvalue weighted by atomic mass is 32.2. The zero-order valence-corrected chi connectivity index (χ0v) is 12.9. The molecule has 0 radical (unpaired) electrons. The molecule has 1 spiro atoms. The number of nitro groups is 1. The predicted octanol–water partition coefficient (Wildman–Crippen LogP) is 2.93. The Labute approximate surface area is 133 Å². The van der Waals surface area contributed by atoms with Crippen molar-refractivity contribution in [2.75, 3.05) is 23.4 Å². The molecule has 6 nitrogen and oxygen atoms in total. The molecule has 2 aliphatic rings. The van der Waals surface area contributed by atoms with E-state index >= 15 is 0 Å². The normalized spacial score (nSPS) is 27.5. The van der Waals surface area contributed by atoms with Crippen LogP contribution in [-0.4, -0.2) is 34.7 Å². The highest BCUT2D eigenvalue weighted by Gasteiger charge is 2.40. The molecule has 2 aliphatic heterocycles. The van der Waals surface area contributed by atoms with Gasteiger partial charge in [-0.1, -0.05) is 0 Å². The molecule has 2 heterocycles. The number of ether oxygens (including phenoxy) is 1. The van der Waals surface area contributed by atoms with E-state index in [-0.39, 0.29) is 17.3 Å². The first-order valence-electron chi connectivity index (χ1n) is 7.29. The van der Waals surface area contributed by atoms with Gasteiger partial charge in [-0.2, -0.15) is 17.0 Å². The number of hydrogen-bond donors (Lipinski definition) is 1. The fourth-order valence-corrected chi connectivity index (χ4v) is 4.49. The molecule has 2 atom stereocenters. The third kappa shape index (κ3) is 3.03. The van der Waals surface area contributed by atoms with Crippen molar-refractivity contribution < 1.29 is 9.66 Å². The molecule has 7 heteroatoms. The van der Waals surface area contributed by atoms with Gasteiger partial charge in [-0.15, -0.1) is 0 Å². The molecule has 0 saturated carbocycles. The third-order valence-electron chi connectivity index (χ3n) is 4.24. The molecule has 1 N–H and O–H groups in total. The smallest absolute Gasteiger partial charge is 0.293 e. The Hall–Kier alpha value is -1.78. The first kappa shape index (κ1) is 15.1. The minimum Gasteiger partial charge on any atom is -0.377 e. The van der Waals surface area contributed by atoms with E-state index in [2.05, 4.69) is 5.32 Å². The summed E-state index contributed by atoms with van der Waals surface area (Å²) in [5.41, 5.74) is 0.673. The average Bonchev–Trinajstić information content (AvgIpc) is 2.95. The van der Waals surface area contributed by atoms with Crippen LogP contribution in [-0.2, 0) is 4.74 Å². The summed E-state index contributed by atoms with van der Waals surface area (Å²) in [4.78, 5) is 10.8. The van der Waals surface area contributed by atoms with Crippen LogP contribution in [0.15, 0.2) is 18.2 Å². The molecule has 3 rings (SSSR count). The zero-order chi connectivity index (χ0) is 15.6. The molecule has 0 unspecified atom stereocenters. The number of nitrogens with zero attached hydrogens (tertiary/aromatic N) is 2. The lowest BCUT2D eigenvalue weighted by Gasteiger charge is -2.38. The van der Waals surface area contributed by atoms with E-state index in [1.54, 1.807) is 12.1 Å². The molecule has 0 amide bonds. The van der Waals surface area contributed by atoms with E-state index in [1.165, 1.54) is 6.07 Å². The molecule has 0 bridgehead atoms. The maximum atomic E-state index is 11.2. The number of thioether (sulfide) groups is 1. The molecule has 22 heavy (non-hydrogen) atoms. The van der Waals surface area contributed by atoms with Crippen LogP contribution in [0.4, 0.5) is 11.4 Å². The van der Waals surface area contributed by atoms with Gasteiger partial charge in [0.1, 0.15) is 5.69 Å². The van der Waals surface area contributed by atoms with E-state index in [0.29, 0.717) is 17.9 Å². The van der Waals surface area contributed by atoms with E-state index in [1.807, 2.05) is 17.8 Å². The van der Waals surface area contributed by atoms with Gasteiger partial charge in [0.25, 0.3) is 5.69 Å². The van der Waals surface area contributed by atoms with Crippen LogP contribution in [0.2, 0.25) is 0 Å². The van der Waals surface area contributed by atoms with Crippen molar-refractivity contribution in [2.45, 2.75) is 30.9 Å². The fraction of sp³-hybridized carbons (Fsp3) is 0.533. The second kappa shape index (κ2) is 6.15. The van der Waals surface area contributed by atoms with Gasteiger partial charge in [0.2, 0.25) is 0 Å². The Morgan fingerprint density at radius 1 is 1.55 bits per heavy atom. The van der Waals surface area contributed by atoms with Crippen LogP contribution in [0.3, 0.4) is 0 Å². The van der Waals surface area contributed by atoms with Gasteiger partial charge < -0.3 is 10.1 Å².